The summed E-state index contributed by atoms with van der Waals surface area (Å²) in [5, 5.41) is 10.6. The molecule has 204 valence electrons. The summed E-state index contributed by atoms with van der Waals surface area (Å²) in [5.41, 5.74) is 4.04. The lowest BCUT2D eigenvalue weighted by atomic mass is 10.1. The zero-order valence-electron chi connectivity index (χ0n) is 17.1. The lowest BCUT2D eigenvalue weighted by Gasteiger charge is -2.25. The Morgan fingerprint density at radius 2 is 1.75 bits per heavy atom. The molecule has 0 amide bonds. The number of ether oxygens (including phenoxy) is 1. The molecule has 1 aliphatic rings. The standard InChI is InChI=1S/C10H18N6O16P4/c11-10-13-7-4(8(18)14-10)12-2-16(7)9-6(5(17)3(30-9)1-29-35(23,24)25)31-33(19,20)15-34(21,22)32-36(26,27)28/h2-3,5-6,9,17H,1H2,(H2,23,24,25)(H2,26,27,28)(H3,11,13,14,18)(H3,15,19,20,21,22)/t3-,5-,6-,9-/m1/s1. The zero-order chi connectivity index (χ0) is 27.3. The number of phosphoric ester groups is 1. The summed E-state index contributed by atoms with van der Waals surface area (Å²) in [7, 11) is -22.0. The summed E-state index contributed by atoms with van der Waals surface area (Å²) in [6.45, 7) is -1.01. The highest BCUT2D eigenvalue weighted by molar-refractivity contribution is 7.70. The zero-order valence-corrected chi connectivity index (χ0v) is 20.7. The number of nitrogens with two attached hydrogens (primary N) is 1. The van der Waals surface area contributed by atoms with Gasteiger partial charge in [-0.25, -0.2) is 23.2 Å². The van der Waals surface area contributed by atoms with Crippen molar-refractivity contribution in [2.45, 2.75) is 24.5 Å². The van der Waals surface area contributed by atoms with Crippen molar-refractivity contribution in [1.29, 1.82) is 0 Å². The first-order valence-corrected chi connectivity index (χ1v) is 15.1. The third-order valence-electron chi connectivity index (χ3n) is 4.18. The van der Waals surface area contributed by atoms with E-state index in [0.717, 1.165) is 15.8 Å². The van der Waals surface area contributed by atoms with Crippen LogP contribution in [0.25, 0.3) is 11.2 Å². The van der Waals surface area contributed by atoms with Crippen molar-refractivity contribution in [1.82, 2.24) is 24.4 Å². The molecule has 1 saturated heterocycles. The number of aromatic nitrogens is 4. The summed E-state index contributed by atoms with van der Waals surface area (Å²) < 4.78 is 64.9. The minimum Gasteiger partial charge on any atom is -0.387 e. The second-order valence-electron chi connectivity index (χ2n) is 6.90. The third-order valence-corrected chi connectivity index (χ3v) is 8.95. The molecule has 26 heteroatoms. The second kappa shape index (κ2) is 10.0. The van der Waals surface area contributed by atoms with Crippen molar-refractivity contribution in [3.8, 4) is 0 Å². The van der Waals surface area contributed by atoms with Crippen molar-refractivity contribution in [2.75, 3.05) is 12.3 Å². The topological polar surface area (TPSA) is 348 Å². The van der Waals surface area contributed by atoms with Gasteiger partial charge in [-0.3, -0.25) is 23.4 Å². The molecule has 6 atom stereocenters. The van der Waals surface area contributed by atoms with Crippen molar-refractivity contribution >= 4 is 48.3 Å². The highest BCUT2D eigenvalue weighted by atomic mass is 31.3. The molecular weight excluding hydrogens is 584 g/mol. The average molecular weight is 602 g/mol. The Balaban J connectivity index is 1.97. The molecule has 3 heterocycles. The van der Waals surface area contributed by atoms with E-state index in [1.807, 2.05) is 0 Å². The Labute approximate surface area is 197 Å². The van der Waals surface area contributed by atoms with E-state index in [0.29, 0.717) is 0 Å². The number of hydrogen-bond donors (Lipinski definition) is 10. The predicted octanol–water partition coefficient (Wildman–Crippen LogP) is -2.65. The quantitative estimate of drug-likeness (QED) is 0.124. The van der Waals surface area contributed by atoms with Gasteiger partial charge in [0.05, 0.1) is 12.9 Å². The summed E-state index contributed by atoms with van der Waals surface area (Å²) >= 11 is 0. The van der Waals surface area contributed by atoms with Crippen LogP contribution in [-0.2, 0) is 36.4 Å². The van der Waals surface area contributed by atoms with E-state index in [1.54, 1.807) is 0 Å². The molecular formula is C10H18N6O16P4. The summed E-state index contributed by atoms with van der Waals surface area (Å²) in [4.78, 5) is 77.3. The number of rotatable bonds is 10. The van der Waals surface area contributed by atoms with Crippen LogP contribution >= 0.6 is 31.1 Å². The van der Waals surface area contributed by atoms with E-state index in [4.69, 9.17) is 34.6 Å². The van der Waals surface area contributed by atoms with Gasteiger partial charge in [0, 0.05) is 0 Å². The molecule has 0 radical (unpaired) electrons. The summed E-state index contributed by atoms with van der Waals surface area (Å²) in [5.74, 6) is -0.406. The van der Waals surface area contributed by atoms with Gasteiger partial charge in [0.2, 0.25) is 5.95 Å². The molecule has 2 unspecified atom stereocenters. The SMILES string of the molecule is Nc1nc2c(ncn2[C@@H]2O[C@H](COP(=O)(O)O)[C@@H](O)[C@H]2OP(=O)(O)NP(=O)(O)OP(=O)(O)O)c(=O)[nH]1. The fourth-order valence-electron chi connectivity index (χ4n) is 3.00. The molecule has 0 aromatic carbocycles. The van der Waals surface area contributed by atoms with Gasteiger partial charge in [0.1, 0.15) is 18.3 Å². The minimum absolute atomic E-state index is 0.308. The second-order valence-corrected chi connectivity index (χ2v) is 12.9. The first-order chi connectivity index (χ1) is 16.3. The van der Waals surface area contributed by atoms with Crippen molar-refractivity contribution in [3.63, 3.8) is 0 Å². The number of imidazole rings is 1. The molecule has 1 fully saturated rings. The Bertz CT molecular complexity index is 1380. The number of nitrogen functional groups attached to an aromatic ring is 1. The molecule has 0 bridgehead atoms. The van der Waals surface area contributed by atoms with E-state index in [1.165, 1.54) is 0 Å². The van der Waals surface area contributed by atoms with Crippen LogP contribution in [0.15, 0.2) is 11.1 Å². The molecule has 0 spiro atoms. The maximum Gasteiger partial charge on any atom is 0.477 e. The highest BCUT2D eigenvalue weighted by Gasteiger charge is 2.51. The molecule has 1 aliphatic heterocycles. The van der Waals surface area contributed by atoms with Gasteiger partial charge in [-0.2, -0.15) is 9.29 Å². The molecule has 22 nitrogen and oxygen atoms in total. The molecule has 0 saturated carbocycles. The van der Waals surface area contributed by atoms with Crippen LogP contribution in [0.1, 0.15) is 6.23 Å². The van der Waals surface area contributed by atoms with E-state index in [9.17, 15) is 37.9 Å². The normalized spacial score (nSPS) is 26.6. The maximum atomic E-state index is 12.4. The molecule has 2 aromatic heterocycles. The van der Waals surface area contributed by atoms with E-state index < -0.39 is 73.8 Å². The molecule has 11 N–H and O–H groups in total. The molecule has 0 aliphatic carbocycles. The Morgan fingerprint density at radius 3 is 2.33 bits per heavy atom. The number of aliphatic hydroxyl groups excluding tert-OH is 1. The van der Waals surface area contributed by atoms with Crippen LogP contribution in [-0.4, -0.2) is 78.9 Å². The van der Waals surface area contributed by atoms with E-state index in [2.05, 4.69) is 23.8 Å². The number of anilines is 1. The number of aliphatic hydroxyl groups is 1. The average Bonchev–Trinajstić information content (AvgIpc) is 3.18. The van der Waals surface area contributed by atoms with Gasteiger partial charge < -0.3 is 44.9 Å². The largest absolute Gasteiger partial charge is 0.477 e. The Morgan fingerprint density at radius 1 is 1.11 bits per heavy atom. The van der Waals surface area contributed by atoms with Crippen molar-refractivity contribution in [3.05, 3.63) is 16.7 Å². The van der Waals surface area contributed by atoms with Crippen LogP contribution < -0.4 is 16.2 Å². The van der Waals surface area contributed by atoms with Gasteiger partial charge in [-0.1, -0.05) is 0 Å². The summed E-state index contributed by atoms with van der Waals surface area (Å²) in [6.07, 6.45) is -6.67. The number of aromatic amines is 1. The number of nitrogens with zero attached hydrogens (tertiary/aromatic N) is 3. The van der Waals surface area contributed by atoms with Gasteiger partial charge >= 0.3 is 31.1 Å². The predicted molar refractivity (Wildman–Crippen MR) is 111 cm³/mol. The van der Waals surface area contributed by atoms with Crippen LogP contribution in [0.2, 0.25) is 0 Å². The molecule has 2 aromatic rings. The lowest BCUT2D eigenvalue weighted by Crippen LogP contribution is -2.36. The lowest BCUT2D eigenvalue weighted by molar-refractivity contribution is -0.0486. The molecule has 36 heavy (non-hydrogen) atoms. The van der Waals surface area contributed by atoms with Gasteiger partial charge in [0.15, 0.2) is 17.4 Å². The number of nitrogens with one attached hydrogen (secondary N) is 2. The Hall–Kier alpha value is -1.41. The van der Waals surface area contributed by atoms with Crippen molar-refractivity contribution < 1.29 is 70.8 Å². The number of H-pyrrole nitrogens is 1. The number of fused-ring (bicyclic) bond motifs is 1. The van der Waals surface area contributed by atoms with Crippen LogP contribution in [0.5, 0.6) is 0 Å². The monoisotopic (exact) mass is 602 g/mol. The van der Waals surface area contributed by atoms with Crippen LogP contribution in [0.4, 0.5) is 5.95 Å². The third kappa shape index (κ3) is 7.33. The van der Waals surface area contributed by atoms with Gasteiger partial charge in [0.25, 0.3) is 5.56 Å². The van der Waals surface area contributed by atoms with Crippen LogP contribution in [0, 0.1) is 0 Å². The number of phosphoric acid groups is 2. The van der Waals surface area contributed by atoms with Gasteiger partial charge in [-0.05, 0) is 0 Å². The maximum absolute atomic E-state index is 12.4. The van der Waals surface area contributed by atoms with Crippen molar-refractivity contribution in [2.24, 2.45) is 0 Å². The van der Waals surface area contributed by atoms with Crippen LogP contribution in [0.3, 0.4) is 0 Å². The minimum atomic E-state index is -5.69. The van der Waals surface area contributed by atoms with E-state index in [-0.39, 0.29) is 11.2 Å². The van der Waals surface area contributed by atoms with Gasteiger partial charge in [-0.15, -0.1) is 4.86 Å². The smallest absolute Gasteiger partial charge is 0.387 e. The number of hydrogen-bond acceptors (Lipinski definition) is 13. The fourth-order valence-corrected chi connectivity index (χ4v) is 7.00. The van der Waals surface area contributed by atoms with E-state index >= 15 is 0 Å². The first-order valence-electron chi connectivity index (χ1n) is 8.93. The highest BCUT2D eigenvalue weighted by Crippen LogP contribution is 2.61. The molecule has 3 rings (SSSR count). The first kappa shape index (κ1) is 29.2. The Kier molecular flexibility index (Phi) is 8.14. The summed E-state index contributed by atoms with van der Waals surface area (Å²) in [6, 6.07) is 0. The fraction of sp³-hybridized carbons (Fsp3) is 0.500.